The second-order valence-electron chi connectivity index (χ2n) is 1.58. The van der Waals surface area contributed by atoms with Crippen LogP contribution in [0.2, 0.25) is 0 Å². The van der Waals surface area contributed by atoms with Gasteiger partial charge in [-0.15, -0.1) is 0 Å². The van der Waals surface area contributed by atoms with Gasteiger partial charge in [-0.2, -0.15) is 0 Å². The summed E-state index contributed by atoms with van der Waals surface area (Å²) in [4.78, 5) is 0. The van der Waals surface area contributed by atoms with E-state index in [0.29, 0.717) is 0 Å². The van der Waals surface area contributed by atoms with Crippen LogP contribution in [0.1, 0.15) is 13.3 Å². The maximum atomic E-state index is 5.08. The molecule has 1 rings (SSSR count). The number of halogens is 2. The summed E-state index contributed by atoms with van der Waals surface area (Å²) >= 11 is 0. The first-order valence-electron chi connectivity index (χ1n) is 2.66. The fourth-order valence-electron chi connectivity index (χ4n) is 0.643. The maximum Gasteiger partial charge on any atom is 2.00 e. The molecule has 0 spiro atoms. The molecule has 0 unspecified atom stereocenters. The van der Waals surface area contributed by atoms with Crippen molar-refractivity contribution in [3.05, 3.63) is 0 Å². The molecule has 0 aromatic heterocycles. The predicted octanol–water partition coefficient (Wildman–Crippen LogP) is -5.60. The summed E-state index contributed by atoms with van der Waals surface area (Å²) in [7, 11) is 0. The Kier molecular flexibility index (Phi) is 18.8. The van der Waals surface area contributed by atoms with E-state index in [1.54, 1.807) is 0 Å². The van der Waals surface area contributed by atoms with Crippen LogP contribution in [0, 0.1) is 0 Å². The van der Waals surface area contributed by atoms with Crippen molar-refractivity contribution >= 4 is 23.1 Å². The topological polar surface area (TPSA) is 18.5 Å². The van der Waals surface area contributed by atoms with Gasteiger partial charge in [0.05, 0.1) is 13.2 Å². The Morgan fingerprint density at radius 1 is 1.20 bits per heavy atom. The minimum absolute atomic E-state index is 0. The van der Waals surface area contributed by atoms with Crippen molar-refractivity contribution in [2.75, 3.05) is 13.2 Å². The molecular weight excluding hydrogens is 276 g/mol. The van der Waals surface area contributed by atoms with E-state index in [9.17, 15) is 0 Å². The zero-order valence-corrected chi connectivity index (χ0v) is 10.6. The Hall–Kier alpha value is 1.65. The van der Waals surface area contributed by atoms with Crippen LogP contribution >= 0.6 is 0 Å². The third-order valence-corrected chi connectivity index (χ3v) is 1.02. The van der Waals surface area contributed by atoms with Gasteiger partial charge >= 0.3 is 23.1 Å². The molecule has 2 nitrogen and oxygen atoms in total. The van der Waals surface area contributed by atoms with Gasteiger partial charge in [0.2, 0.25) is 0 Å². The van der Waals surface area contributed by atoms with Crippen LogP contribution in [0.5, 0.6) is 0 Å². The van der Waals surface area contributed by atoms with Crippen LogP contribution in [-0.4, -0.2) is 42.6 Å². The summed E-state index contributed by atoms with van der Waals surface area (Å²) in [5.74, 6) is 0. The van der Waals surface area contributed by atoms with Crippen molar-refractivity contribution in [3.8, 4) is 0 Å². The average molecular weight is 286 g/mol. The molecule has 1 aliphatic heterocycles. The van der Waals surface area contributed by atoms with Crippen molar-refractivity contribution in [1.29, 1.82) is 0 Å². The van der Waals surface area contributed by atoms with E-state index < -0.39 is 0 Å². The summed E-state index contributed by atoms with van der Waals surface area (Å²) < 4.78 is 10.2. The van der Waals surface area contributed by atoms with Gasteiger partial charge in [0.15, 0.2) is 6.29 Å². The summed E-state index contributed by atoms with van der Waals surface area (Å²) in [6.45, 7) is 3.60. The first-order valence-corrected chi connectivity index (χ1v) is 2.66. The van der Waals surface area contributed by atoms with E-state index in [2.05, 4.69) is 6.92 Å². The maximum absolute atomic E-state index is 5.08. The van der Waals surface area contributed by atoms with Crippen molar-refractivity contribution in [2.24, 2.45) is 0 Å². The minimum Gasteiger partial charge on any atom is -1.00 e. The Morgan fingerprint density at radius 2 is 1.60 bits per heavy atom. The molecule has 1 saturated heterocycles. The molecule has 0 radical (unpaired) electrons. The van der Waals surface area contributed by atoms with Crippen LogP contribution in [0.4, 0.5) is 0 Å². The molecule has 0 N–H and O–H groups in total. The van der Waals surface area contributed by atoms with Gasteiger partial charge in [0.1, 0.15) is 0 Å². The van der Waals surface area contributed by atoms with Crippen molar-refractivity contribution < 1.29 is 43.4 Å². The van der Waals surface area contributed by atoms with Crippen molar-refractivity contribution in [1.82, 2.24) is 0 Å². The Balaban J connectivity index is -0.000000163. The molecule has 0 aromatic rings. The molecule has 0 aromatic carbocycles. The van der Waals surface area contributed by atoms with E-state index in [0.717, 1.165) is 19.6 Å². The summed E-state index contributed by atoms with van der Waals surface area (Å²) in [5.41, 5.74) is 0. The molecule has 5 heteroatoms. The van der Waals surface area contributed by atoms with Crippen LogP contribution in [-0.2, 0) is 9.47 Å². The molecule has 0 saturated carbocycles. The van der Waals surface area contributed by atoms with Gasteiger partial charge in [-0.3, -0.25) is 0 Å². The van der Waals surface area contributed by atoms with E-state index in [-0.39, 0.29) is 63.3 Å². The molecule has 58 valence electrons. The third-order valence-electron chi connectivity index (χ3n) is 1.02. The normalized spacial score (nSPS) is 16.5. The molecule has 1 heterocycles. The van der Waals surface area contributed by atoms with Gasteiger partial charge < -0.3 is 43.4 Å². The van der Waals surface area contributed by atoms with Gasteiger partial charge in [-0.25, -0.2) is 0 Å². The van der Waals surface area contributed by atoms with Gasteiger partial charge in [-0.05, 0) is 6.42 Å². The number of hydrogen-bond donors (Lipinski definition) is 0. The fraction of sp³-hybridized carbons (Fsp3) is 1.00. The molecule has 0 atom stereocenters. The molecule has 10 heavy (non-hydrogen) atoms. The summed E-state index contributed by atoms with van der Waals surface area (Å²) in [5, 5.41) is 0. The van der Waals surface area contributed by atoms with Crippen LogP contribution in [0.3, 0.4) is 0 Å². The molecule has 0 amide bonds. The monoisotopic (exact) mass is 284 g/mol. The Labute approximate surface area is 98.7 Å². The van der Waals surface area contributed by atoms with Crippen LogP contribution in [0.25, 0.3) is 0 Å². The number of ether oxygens (including phenoxy) is 2. The van der Waals surface area contributed by atoms with Crippen LogP contribution in [0.15, 0.2) is 0 Å². The van der Waals surface area contributed by atoms with E-state index in [1.807, 2.05) is 0 Å². The Morgan fingerprint density at radius 3 is 1.80 bits per heavy atom. The molecule has 1 fully saturated rings. The van der Waals surface area contributed by atoms with Crippen molar-refractivity contribution in [2.45, 2.75) is 19.6 Å². The molecule has 1 aliphatic rings. The number of rotatable bonds is 1. The van der Waals surface area contributed by atoms with Gasteiger partial charge in [-0.1, -0.05) is 6.92 Å². The Bertz CT molecular complexity index is 59.6. The smallest absolute Gasteiger partial charge is 1.00 e. The zero-order chi connectivity index (χ0) is 5.11. The largest absolute Gasteiger partial charge is 2.00 e. The molecular formula is C5H10Br2MgO2. The van der Waals surface area contributed by atoms with E-state index in [1.165, 1.54) is 0 Å². The first-order chi connectivity index (χ1) is 3.43. The van der Waals surface area contributed by atoms with Gasteiger partial charge in [0.25, 0.3) is 0 Å². The quantitative estimate of drug-likeness (QED) is 0.448. The second-order valence-corrected chi connectivity index (χ2v) is 1.58. The SMILES string of the molecule is CCC1OCCO1.[Br-].[Br-].[Mg+2]. The second kappa shape index (κ2) is 10.6. The molecule has 0 aliphatic carbocycles. The van der Waals surface area contributed by atoms with E-state index >= 15 is 0 Å². The predicted molar refractivity (Wildman–Crippen MR) is 31.7 cm³/mol. The summed E-state index contributed by atoms with van der Waals surface area (Å²) in [6.07, 6.45) is 1.07. The number of hydrogen-bond acceptors (Lipinski definition) is 2. The summed E-state index contributed by atoms with van der Waals surface area (Å²) in [6, 6.07) is 0. The first kappa shape index (κ1) is 17.7. The van der Waals surface area contributed by atoms with Crippen molar-refractivity contribution in [3.63, 3.8) is 0 Å². The molecule has 0 bridgehead atoms. The van der Waals surface area contributed by atoms with Crippen LogP contribution < -0.4 is 34.0 Å². The van der Waals surface area contributed by atoms with Gasteiger partial charge in [0, 0.05) is 0 Å². The van der Waals surface area contributed by atoms with E-state index in [4.69, 9.17) is 9.47 Å². The fourth-order valence-corrected chi connectivity index (χ4v) is 0.643. The minimum atomic E-state index is 0. The standard InChI is InChI=1S/C5H10O2.2BrH.Mg/c1-2-5-6-3-4-7-5;;;/h5H,2-4H2,1H3;2*1H;/q;;;+2/p-2. The third kappa shape index (κ3) is 6.36. The zero-order valence-electron chi connectivity index (χ0n) is 5.98. The average Bonchev–Trinajstić information content (AvgIpc) is 2.14.